The fourth-order valence-corrected chi connectivity index (χ4v) is 2.66. The molecule has 1 N–H and O–H groups in total. The molecule has 1 aliphatic rings. The van der Waals surface area contributed by atoms with Gasteiger partial charge in [0.25, 0.3) is 0 Å². The maximum atomic E-state index is 9.42. The van der Waals surface area contributed by atoms with E-state index in [0.29, 0.717) is 5.92 Å². The number of benzene rings is 1. The quantitative estimate of drug-likeness (QED) is 0.905. The number of hydrogen-bond acceptors (Lipinski definition) is 2. The second kappa shape index (κ2) is 5.58. The molecule has 0 radical (unpaired) electrons. The van der Waals surface area contributed by atoms with Gasteiger partial charge in [0.2, 0.25) is 0 Å². The third kappa shape index (κ3) is 3.41. The number of ether oxygens (including phenoxy) is 1. The van der Waals surface area contributed by atoms with Crippen LogP contribution in [-0.2, 0) is 0 Å². The Morgan fingerprint density at radius 1 is 1.19 bits per heavy atom. The minimum Gasteiger partial charge on any atom is -0.508 e. The van der Waals surface area contributed by atoms with Gasteiger partial charge in [0.15, 0.2) is 0 Å². The Labute approximate surface area is 105 Å². The van der Waals surface area contributed by atoms with Crippen LogP contribution in [0.4, 0.5) is 0 Å². The molecule has 0 aliphatic heterocycles. The van der Waals surface area contributed by atoms with Crippen molar-refractivity contribution in [3.63, 3.8) is 0 Å². The Balaban J connectivity index is 1.88. The summed E-state index contributed by atoms with van der Waals surface area (Å²) in [5.74, 6) is 1.68. The minimum atomic E-state index is 0.244. The van der Waals surface area contributed by atoms with Crippen molar-refractivity contribution in [2.45, 2.75) is 32.1 Å². The van der Waals surface area contributed by atoms with Crippen LogP contribution >= 0.6 is 15.9 Å². The van der Waals surface area contributed by atoms with Crippen molar-refractivity contribution in [1.82, 2.24) is 0 Å². The molecule has 1 fully saturated rings. The van der Waals surface area contributed by atoms with Crippen molar-refractivity contribution >= 4 is 15.9 Å². The summed E-state index contributed by atoms with van der Waals surface area (Å²) in [6.45, 7) is 0.774. The van der Waals surface area contributed by atoms with E-state index in [1.54, 1.807) is 12.1 Å². The van der Waals surface area contributed by atoms with Crippen LogP contribution in [0.2, 0.25) is 0 Å². The number of aromatic hydroxyl groups is 1. The zero-order chi connectivity index (χ0) is 11.4. The van der Waals surface area contributed by atoms with Gasteiger partial charge in [-0.3, -0.25) is 0 Å². The van der Waals surface area contributed by atoms with E-state index < -0.39 is 0 Å². The molecule has 0 unspecified atom stereocenters. The predicted molar refractivity (Wildman–Crippen MR) is 67.9 cm³/mol. The van der Waals surface area contributed by atoms with E-state index in [1.165, 1.54) is 32.1 Å². The third-order valence-corrected chi connectivity index (χ3v) is 3.52. The van der Waals surface area contributed by atoms with Crippen LogP contribution < -0.4 is 4.74 Å². The van der Waals surface area contributed by atoms with Crippen molar-refractivity contribution in [1.29, 1.82) is 0 Å². The number of phenolic OH excluding ortho intramolecular Hbond substituents is 1. The Kier molecular flexibility index (Phi) is 4.10. The molecular formula is C13H17BrO2. The fourth-order valence-electron chi connectivity index (χ4n) is 2.20. The van der Waals surface area contributed by atoms with Crippen molar-refractivity contribution in [3.05, 3.63) is 22.7 Å². The molecule has 0 atom stereocenters. The molecule has 3 heteroatoms. The smallest absolute Gasteiger partial charge is 0.124 e. The molecular weight excluding hydrogens is 268 g/mol. The van der Waals surface area contributed by atoms with E-state index in [0.717, 1.165) is 16.8 Å². The van der Waals surface area contributed by atoms with Gasteiger partial charge in [0.1, 0.15) is 11.5 Å². The maximum absolute atomic E-state index is 9.42. The molecule has 88 valence electrons. The lowest BCUT2D eigenvalue weighted by Crippen LogP contribution is -2.15. The first-order chi connectivity index (χ1) is 7.74. The highest BCUT2D eigenvalue weighted by molar-refractivity contribution is 9.10. The molecule has 0 amide bonds. The molecule has 1 saturated carbocycles. The first kappa shape index (κ1) is 11.8. The first-order valence-electron chi connectivity index (χ1n) is 5.86. The largest absolute Gasteiger partial charge is 0.508 e. The molecule has 1 aliphatic carbocycles. The predicted octanol–water partition coefficient (Wildman–Crippen LogP) is 4.11. The van der Waals surface area contributed by atoms with Gasteiger partial charge in [-0.25, -0.2) is 0 Å². The van der Waals surface area contributed by atoms with E-state index in [1.807, 2.05) is 6.07 Å². The number of phenols is 1. The standard InChI is InChI=1S/C13H17BrO2/c14-11-6-12(15)8-13(7-11)16-9-10-4-2-1-3-5-10/h6-8,10,15H,1-5,9H2. The summed E-state index contributed by atoms with van der Waals surface area (Å²) in [5, 5.41) is 9.42. The summed E-state index contributed by atoms with van der Waals surface area (Å²) in [4.78, 5) is 0. The van der Waals surface area contributed by atoms with Gasteiger partial charge in [0.05, 0.1) is 6.61 Å². The molecule has 1 aromatic carbocycles. The molecule has 0 bridgehead atoms. The highest BCUT2D eigenvalue weighted by atomic mass is 79.9. The van der Waals surface area contributed by atoms with Crippen LogP contribution in [0.1, 0.15) is 32.1 Å². The van der Waals surface area contributed by atoms with Gasteiger partial charge < -0.3 is 9.84 Å². The molecule has 1 aromatic rings. The third-order valence-electron chi connectivity index (χ3n) is 3.07. The van der Waals surface area contributed by atoms with Crippen molar-refractivity contribution in [3.8, 4) is 11.5 Å². The highest BCUT2D eigenvalue weighted by Gasteiger charge is 2.14. The molecule has 2 rings (SSSR count). The second-order valence-corrected chi connectivity index (χ2v) is 5.38. The van der Waals surface area contributed by atoms with Gasteiger partial charge in [-0.15, -0.1) is 0 Å². The lowest BCUT2D eigenvalue weighted by atomic mass is 9.90. The van der Waals surface area contributed by atoms with Crippen molar-refractivity contribution < 1.29 is 9.84 Å². The monoisotopic (exact) mass is 284 g/mol. The van der Waals surface area contributed by atoms with Crippen LogP contribution in [0.15, 0.2) is 22.7 Å². The zero-order valence-electron chi connectivity index (χ0n) is 9.29. The van der Waals surface area contributed by atoms with Crippen molar-refractivity contribution in [2.24, 2.45) is 5.92 Å². The summed E-state index contributed by atoms with van der Waals surface area (Å²) in [6.07, 6.45) is 6.59. The van der Waals surface area contributed by atoms with Crippen LogP contribution in [0.25, 0.3) is 0 Å². The van der Waals surface area contributed by atoms with Gasteiger partial charge in [-0.2, -0.15) is 0 Å². The topological polar surface area (TPSA) is 29.5 Å². The summed E-state index contributed by atoms with van der Waals surface area (Å²) < 4.78 is 6.57. The average molecular weight is 285 g/mol. The Morgan fingerprint density at radius 2 is 1.94 bits per heavy atom. The fraction of sp³-hybridized carbons (Fsp3) is 0.538. The molecule has 0 spiro atoms. The summed E-state index contributed by atoms with van der Waals surface area (Å²) in [7, 11) is 0. The van der Waals surface area contributed by atoms with Crippen LogP contribution in [0.5, 0.6) is 11.5 Å². The van der Waals surface area contributed by atoms with E-state index >= 15 is 0 Å². The first-order valence-corrected chi connectivity index (χ1v) is 6.66. The SMILES string of the molecule is Oc1cc(Br)cc(OCC2CCCCC2)c1. The summed E-state index contributed by atoms with van der Waals surface area (Å²) in [6, 6.07) is 5.21. The summed E-state index contributed by atoms with van der Waals surface area (Å²) in [5.41, 5.74) is 0. The van der Waals surface area contributed by atoms with Gasteiger partial charge in [-0.05, 0) is 30.9 Å². The van der Waals surface area contributed by atoms with E-state index in [9.17, 15) is 5.11 Å². The van der Waals surface area contributed by atoms with Gasteiger partial charge >= 0.3 is 0 Å². The lowest BCUT2D eigenvalue weighted by molar-refractivity contribution is 0.208. The van der Waals surface area contributed by atoms with Gasteiger partial charge in [0, 0.05) is 10.5 Å². The van der Waals surface area contributed by atoms with Crippen LogP contribution in [0.3, 0.4) is 0 Å². The Hall–Kier alpha value is -0.700. The number of hydrogen-bond donors (Lipinski definition) is 1. The average Bonchev–Trinajstić information content (AvgIpc) is 2.27. The van der Waals surface area contributed by atoms with Crippen LogP contribution in [-0.4, -0.2) is 11.7 Å². The Bertz CT molecular complexity index is 326. The highest BCUT2D eigenvalue weighted by Crippen LogP contribution is 2.28. The minimum absolute atomic E-state index is 0.244. The number of rotatable bonds is 3. The van der Waals surface area contributed by atoms with Crippen LogP contribution in [0, 0.1) is 5.92 Å². The maximum Gasteiger partial charge on any atom is 0.124 e. The van der Waals surface area contributed by atoms with E-state index in [-0.39, 0.29) is 5.75 Å². The molecule has 16 heavy (non-hydrogen) atoms. The zero-order valence-corrected chi connectivity index (χ0v) is 10.9. The molecule has 0 heterocycles. The molecule has 0 aromatic heterocycles. The summed E-state index contributed by atoms with van der Waals surface area (Å²) >= 11 is 3.34. The molecule has 0 saturated heterocycles. The number of halogens is 1. The van der Waals surface area contributed by atoms with Gasteiger partial charge in [-0.1, -0.05) is 35.2 Å². The Morgan fingerprint density at radius 3 is 2.62 bits per heavy atom. The van der Waals surface area contributed by atoms with E-state index in [2.05, 4.69) is 15.9 Å². The second-order valence-electron chi connectivity index (χ2n) is 4.46. The normalized spacial score (nSPS) is 17.3. The van der Waals surface area contributed by atoms with E-state index in [4.69, 9.17) is 4.74 Å². The molecule has 2 nitrogen and oxygen atoms in total. The van der Waals surface area contributed by atoms with Crippen molar-refractivity contribution in [2.75, 3.05) is 6.61 Å². The lowest BCUT2D eigenvalue weighted by Gasteiger charge is -2.21.